The second-order valence-electron chi connectivity index (χ2n) is 5.12. The van der Waals surface area contributed by atoms with E-state index in [1.54, 1.807) is 6.07 Å². The number of aryl methyl sites for hydroxylation is 1. The van der Waals surface area contributed by atoms with Gasteiger partial charge in [0.1, 0.15) is 12.4 Å². The Bertz CT molecular complexity index is 749. The Hall–Kier alpha value is -2.40. The summed E-state index contributed by atoms with van der Waals surface area (Å²) in [6.45, 7) is 3.15. The number of rotatable bonds is 4. The van der Waals surface area contributed by atoms with E-state index in [4.69, 9.17) is 11.6 Å². The van der Waals surface area contributed by atoms with Crippen molar-refractivity contribution in [2.24, 2.45) is 0 Å². The minimum atomic E-state index is -0.560. The van der Waals surface area contributed by atoms with E-state index < -0.39 is 11.7 Å². The second-order valence-corrected chi connectivity index (χ2v) is 5.53. The molecule has 4 nitrogen and oxygen atoms in total. The molecule has 0 aromatic heterocycles. The zero-order valence-electron chi connectivity index (χ0n) is 12.8. The highest BCUT2D eigenvalue weighted by Crippen LogP contribution is 2.20. The van der Waals surface area contributed by atoms with Gasteiger partial charge in [-0.1, -0.05) is 23.7 Å². The molecular weight excluding hydrogens is 319 g/mol. The Morgan fingerprint density at radius 2 is 1.96 bits per heavy atom. The Labute approximate surface area is 138 Å². The summed E-state index contributed by atoms with van der Waals surface area (Å²) in [5, 5.41) is 2.52. The van der Waals surface area contributed by atoms with Crippen molar-refractivity contribution in [2.75, 3.05) is 16.8 Å². The summed E-state index contributed by atoms with van der Waals surface area (Å²) in [6.07, 6.45) is 0. The van der Waals surface area contributed by atoms with E-state index >= 15 is 0 Å². The number of carbonyl (C=O) groups excluding carboxylic acids is 2. The Morgan fingerprint density at radius 3 is 2.57 bits per heavy atom. The fourth-order valence-corrected chi connectivity index (χ4v) is 2.28. The van der Waals surface area contributed by atoms with Crippen molar-refractivity contribution >= 4 is 34.8 Å². The van der Waals surface area contributed by atoms with Crippen molar-refractivity contribution in [1.29, 1.82) is 0 Å². The number of anilines is 2. The molecule has 0 aliphatic heterocycles. The van der Waals surface area contributed by atoms with Crippen LogP contribution in [0.1, 0.15) is 12.5 Å². The lowest BCUT2D eigenvalue weighted by atomic mass is 10.2. The first-order valence-electron chi connectivity index (χ1n) is 6.96. The van der Waals surface area contributed by atoms with Gasteiger partial charge in [0.2, 0.25) is 11.8 Å². The highest BCUT2D eigenvalue weighted by atomic mass is 35.5. The molecule has 6 heteroatoms. The van der Waals surface area contributed by atoms with Gasteiger partial charge in [0, 0.05) is 18.3 Å². The molecule has 1 N–H and O–H groups in total. The third kappa shape index (κ3) is 4.53. The van der Waals surface area contributed by atoms with Gasteiger partial charge >= 0.3 is 0 Å². The average Bonchev–Trinajstić information content (AvgIpc) is 2.48. The number of carbonyl (C=O) groups is 2. The van der Waals surface area contributed by atoms with E-state index in [0.717, 1.165) is 5.56 Å². The van der Waals surface area contributed by atoms with Crippen LogP contribution in [0.3, 0.4) is 0 Å². The number of benzene rings is 2. The summed E-state index contributed by atoms with van der Waals surface area (Å²) in [4.78, 5) is 25.3. The molecule has 0 atom stereocenters. The summed E-state index contributed by atoms with van der Waals surface area (Å²) in [7, 11) is 0. The van der Waals surface area contributed by atoms with Gasteiger partial charge < -0.3 is 10.2 Å². The molecule has 0 saturated heterocycles. The summed E-state index contributed by atoms with van der Waals surface area (Å²) < 4.78 is 13.1. The van der Waals surface area contributed by atoms with Crippen LogP contribution in [-0.2, 0) is 9.59 Å². The smallest absolute Gasteiger partial charge is 0.244 e. The maximum atomic E-state index is 13.1. The van der Waals surface area contributed by atoms with E-state index in [1.807, 2.05) is 25.1 Å². The molecule has 0 heterocycles. The number of hydrogen-bond donors (Lipinski definition) is 1. The van der Waals surface area contributed by atoms with Gasteiger partial charge in [0.15, 0.2) is 0 Å². The van der Waals surface area contributed by atoms with Crippen molar-refractivity contribution in [2.45, 2.75) is 13.8 Å². The van der Waals surface area contributed by atoms with E-state index in [0.29, 0.717) is 11.4 Å². The molecule has 120 valence electrons. The van der Waals surface area contributed by atoms with Gasteiger partial charge in [0.05, 0.1) is 5.02 Å². The first-order chi connectivity index (χ1) is 10.9. The fourth-order valence-electron chi connectivity index (χ4n) is 2.10. The third-order valence-electron chi connectivity index (χ3n) is 3.20. The molecule has 0 aliphatic rings. The van der Waals surface area contributed by atoms with Gasteiger partial charge in [0.25, 0.3) is 0 Å². The summed E-state index contributed by atoms with van der Waals surface area (Å²) >= 11 is 5.68. The van der Waals surface area contributed by atoms with Crippen molar-refractivity contribution < 1.29 is 14.0 Å². The number of hydrogen-bond acceptors (Lipinski definition) is 2. The Balaban J connectivity index is 2.12. The molecule has 2 rings (SSSR count). The average molecular weight is 335 g/mol. The maximum Gasteiger partial charge on any atom is 0.244 e. The van der Waals surface area contributed by atoms with E-state index in [-0.39, 0.29) is 17.5 Å². The van der Waals surface area contributed by atoms with Crippen LogP contribution in [-0.4, -0.2) is 18.4 Å². The van der Waals surface area contributed by atoms with Crippen molar-refractivity contribution in [3.63, 3.8) is 0 Å². The van der Waals surface area contributed by atoms with Crippen LogP contribution in [0.15, 0.2) is 42.5 Å². The SMILES string of the molecule is CC(=O)N(CC(=O)Nc1ccc(F)c(Cl)c1)c1cccc(C)c1. The van der Waals surface area contributed by atoms with Crippen LogP contribution in [0.5, 0.6) is 0 Å². The molecule has 0 fully saturated rings. The summed E-state index contributed by atoms with van der Waals surface area (Å²) in [5.74, 6) is -1.21. The predicted molar refractivity (Wildman–Crippen MR) is 89.2 cm³/mol. The van der Waals surface area contributed by atoms with Crippen LogP contribution in [0, 0.1) is 12.7 Å². The topological polar surface area (TPSA) is 49.4 Å². The largest absolute Gasteiger partial charge is 0.324 e. The lowest BCUT2D eigenvalue weighted by Crippen LogP contribution is -2.36. The first kappa shape index (κ1) is 17.0. The molecule has 0 bridgehead atoms. The van der Waals surface area contributed by atoms with Crippen molar-refractivity contribution in [3.8, 4) is 0 Å². The third-order valence-corrected chi connectivity index (χ3v) is 3.49. The monoisotopic (exact) mass is 334 g/mol. The van der Waals surface area contributed by atoms with Gasteiger partial charge in [-0.05, 0) is 42.8 Å². The lowest BCUT2D eigenvalue weighted by molar-refractivity contribution is -0.120. The molecule has 0 unspecified atom stereocenters. The first-order valence-corrected chi connectivity index (χ1v) is 7.34. The highest BCUT2D eigenvalue weighted by Gasteiger charge is 2.16. The zero-order valence-corrected chi connectivity index (χ0v) is 13.5. The normalized spacial score (nSPS) is 10.3. The van der Waals surface area contributed by atoms with Gasteiger partial charge in [-0.25, -0.2) is 4.39 Å². The Kier molecular flexibility index (Phi) is 5.34. The van der Waals surface area contributed by atoms with Crippen LogP contribution in [0.25, 0.3) is 0 Å². The molecule has 0 radical (unpaired) electrons. The minimum absolute atomic E-state index is 0.0788. The quantitative estimate of drug-likeness (QED) is 0.925. The minimum Gasteiger partial charge on any atom is -0.324 e. The molecule has 2 amide bonds. The van der Waals surface area contributed by atoms with Crippen LogP contribution >= 0.6 is 11.6 Å². The number of halogens is 2. The van der Waals surface area contributed by atoms with Crippen LogP contribution < -0.4 is 10.2 Å². The van der Waals surface area contributed by atoms with E-state index in [2.05, 4.69) is 5.32 Å². The summed E-state index contributed by atoms with van der Waals surface area (Å²) in [6, 6.07) is 11.2. The number of nitrogens with one attached hydrogen (secondary N) is 1. The maximum absolute atomic E-state index is 13.1. The molecular formula is C17H16ClFN2O2. The number of amides is 2. The van der Waals surface area contributed by atoms with Crippen LogP contribution in [0.2, 0.25) is 5.02 Å². The van der Waals surface area contributed by atoms with Crippen molar-refractivity contribution in [1.82, 2.24) is 0 Å². The molecule has 0 saturated carbocycles. The van der Waals surface area contributed by atoms with Crippen LogP contribution in [0.4, 0.5) is 15.8 Å². The highest BCUT2D eigenvalue weighted by molar-refractivity contribution is 6.31. The molecule has 2 aromatic rings. The Morgan fingerprint density at radius 1 is 1.22 bits per heavy atom. The van der Waals surface area contributed by atoms with E-state index in [1.165, 1.54) is 30.0 Å². The van der Waals surface area contributed by atoms with Gasteiger partial charge in [-0.3, -0.25) is 9.59 Å². The molecule has 0 spiro atoms. The standard InChI is InChI=1S/C17H16ClFN2O2/c1-11-4-3-5-14(8-11)21(12(2)22)10-17(23)20-13-6-7-16(19)15(18)9-13/h3-9H,10H2,1-2H3,(H,20,23). The second kappa shape index (κ2) is 7.24. The summed E-state index contributed by atoms with van der Waals surface area (Å²) in [5.41, 5.74) is 2.00. The molecule has 2 aromatic carbocycles. The lowest BCUT2D eigenvalue weighted by Gasteiger charge is -2.21. The molecule has 23 heavy (non-hydrogen) atoms. The number of nitrogens with zero attached hydrogens (tertiary/aromatic N) is 1. The van der Waals surface area contributed by atoms with E-state index in [9.17, 15) is 14.0 Å². The van der Waals surface area contributed by atoms with Crippen molar-refractivity contribution in [3.05, 3.63) is 58.9 Å². The zero-order chi connectivity index (χ0) is 17.0. The predicted octanol–water partition coefficient (Wildman–Crippen LogP) is 3.78. The fraction of sp³-hybridized carbons (Fsp3) is 0.176. The van der Waals surface area contributed by atoms with Gasteiger partial charge in [-0.2, -0.15) is 0 Å². The molecule has 0 aliphatic carbocycles. The van der Waals surface area contributed by atoms with Gasteiger partial charge in [-0.15, -0.1) is 0 Å².